The summed E-state index contributed by atoms with van der Waals surface area (Å²) >= 11 is 0. The maximum Gasteiger partial charge on any atom is 0.273 e. The lowest BCUT2D eigenvalue weighted by atomic mass is 9.97. The molecule has 8 nitrogen and oxygen atoms in total. The number of nitrogens with one attached hydrogen (secondary N) is 1. The molecule has 0 atom stereocenters. The van der Waals surface area contributed by atoms with Crippen molar-refractivity contribution in [1.82, 2.24) is 20.2 Å². The first kappa shape index (κ1) is 21.5. The molecule has 2 heterocycles. The number of benzene rings is 2. The average Bonchev–Trinajstić information content (AvgIpc) is 2.81. The van der Waals surface area contributed by atoms with Crippen molar-refractivity contribution >= 4 is 22.7 Å². The van der Waals surface area contributed by atoms with Gasteiger partial charge < -0.3 is 19.7 Å². The van der Waals surface area contributed by atoms with Crippen molar-refractivity contribution in [3.63, 3.8) is 0 Å². The van der Waals surface area contributed by atoms with E-state index in [1.54, 1.807) is 19.1 Å². The van der Waals surface area contributed by atoms with E-state index in [0.717, 1.165) is 22.3 Å². The quantitative estimate of drug-likeness (QED) is 0.641. The molecule has 0 saturated carbocycles. The van der Waals surface area contributed by atoms with E-state index in [9.17, 15) is 9.59 Å². The van der Waals surface area contributed by atoms with E-state index in [2.05, 4.69) is 15.3 Å². The van der Waals surface area contributed by atoms with Gasteiger partial charge in [0.1, 0.15) is 11.5 Å². The Morgan fingerprint density at radius 1 is 1.09 bits per heavy atom. The third-order valence-corrected chi connectivity index (χ3v) is 5.60. The van der Waals surface area contributed by atoms with E-state index in [1.165, 1.54) is 6.92 Å². The number of hydrogen-bond acceptors (Lipinski definition) is 6. The van der Waals surface area contributed by atoms with E-state index in [-0.39, 0.29) is 11.8 Å². The molecule has 1 aromatic heterocycles. The smallest absolute Gasteiger partial charge is 0.273 e. The minimum atomic E-state index is -0.134. The Hall–Kier alpha value is -3.68. The standard InChI is InChI=1S/C24H26N4O4/c1-15(29)25-12-10-21-26-19-7-5-4-6-18(19)22(27-21)24(30)28-13-11-17-16(14-28)8-9-20(31-2)23(17)32-3/h4-9H,10-14H2,1-3H3,(H,25,29). The molecule has 32 heavy (non-hydrogen) atoms. The van der Waals surface area contributed by atoms with Gasteiger partial charge in [-0.2, -0.15) is 0 Å². The lowest BCUT2D eigenvalue weighted by molar-refractivity contribution is -0.118. The van der Waals surface area contributed by atoms with Crippen LogP contribution in [0.15, 0.2) is 36.4 Å². The number of ether oxygens (including phenoxy) is 2. The number of hydrogen-bond donors (Lipinski definition) is 1. The van der Waals surface area contributed by atoms with Crippen molar-refractivity contribution in [2.45, 2.75) is 26.3 Å². The third kappa shape index (κ3) is 4.21. The van der Waals surface area contributed by atoms with Crippen LogP contribution in [0.1, 0.15) is 34.4 Å². The summed E-state index contributed by atoms with van der Waals surface area (Å²) in [6, 6.07) is 11.4. The van der Waals surface area contributed by atoms with Gasteiger partial charge in [-0.3, -0.25) is 9.59 Å². The molecule has 1 N–H and O–H groups in total. The van der Waals surface area contributed by atoms with Crippen LogP contribution in [0, 0.1) is 0 Å². The predicted molar refractivity (Wildman–Crippen MR) is 120 cm³/mol. The normalized spacial score (nSPS) is 12.9. The van der Waals surface area contributed by atoms with Crippen molar-refractivity contribution in [2.75, 3.05) is 27.3 Å². The summed E-state index contributed by atoms with van der Waals surface area (Å²) in [6.07, 6.45) is 1.12. The van der Waals surface area contributed by atoms with Crippen molar-refractivity contribution in [3.05, 3.63) is 59.0 Å². The van der Waals surface area contributed by atoms with Crippen molar-refractivity contribution in [1.29, 1.82) is 0 Å². The van der Waals surface area contributed by atoms with Gasteiger partial charge in [-0.15, -0.1) is 0 Å². The first-order valence-corrected chi connectivity index (χ1v) is 10.5. The summed E-state index contributed by atoms with van der Waals surface area (Å²) in [6.45, 7) is 2.90. The van der Waals surface area contributed by atoms with Crippen LogP contribution < -0.4 is 14.8 Å². The van der Waals surface area contributed by atoms with Crippen LogP contribution >= 0.6 is 0 Å². The zero-order valence-electron chi connectivity index (χ0n) is 18.5. The monoisotopic (exact) mass is 434 g/mol. The number of para-hydroxylation sites is 1. The minimum Gasteiger partial charge on any atom is -0.493 e. The largest absolute Gasteiger partial charge is 0.493 e. The summed E-state index contributed by atoms with van der Waals surface area (Å²) in [5.74, 6) is 1.71. The summed E-state index contributed by atoms with van der Waals surface area (Å²) in [4.78, 5) is 35.7. The van der Waals surface area contributed by atoms with Crippen molar-refractivity contribution in [3.8, 4) is 11.5 Å². The van der Waals surface area contributed by atoms with Crippen LogP contribution in [0.4, 0.5) is 0 Å². The molecule has 166 valence electrons. The molecule has 2 aromatic carbocycles. The first-order valence-electron chi connectivity index (χ1n) is 10.5. The van der Waals surface area contributed by atoms with E-state index in [0.29, 0.717) is 55.3 Å². The highest BCUT2D eigenvalue weighted by atomic mass is 16.5. The second kappa shape index (κ2) is 9.21. The Balaban J connectivity index is 1.64. The Morgan fingerprint density at radius 2 is 1.91 bits per heavy atom. The molecule has 0 bridgehead atoms. The second-order valence-corrected chi connectivity index (χ2v) is 7.65. The number of rotatable bonds is 6. The van der Waals surface area contributed by atoms with Crippen LogP contribution in [-0.2, 0) is 24.2 Å². The Labute approximate surface area is 186 Å². The molecule has 1 aliphatic rings. The van der Waals surface area contributed by atoms with Crippen LogP contribution in [0.2, 0.25) is 0 Å². The van der Waals surface area contributed by atoms with Gasteiger partial charge in [0.05, 0.1) is 19.7 Å². The highest BCUT2D eigenvalue weighted by Crippen LogP contribution is 2.36. The van der Waals surface area contributed by atoms with Crippen molar-refractivity contribution in [2.24, 2.45) is 0 Å². The molecule has 0 radical (unpaired) electrons. The van der Waals surface area contributed by atoms with Gasteiger partial charge in [0.2, 0.25) is 5.91 Å². The summed E-state index contributed by atoms with van der Waals surface area (Å²) in [5, 5.41) is 3.47. The van der Waals surface area contributed by atoms with Crippen molar-refractivity contribution < 1.29 is 19.1 Å². The van der Waals surface area contributed by atoms with Crippen LogP contribution in [0.25, 0.3) is 10.9 Å². The van der Waals surface area contributed by atoms with E-state index in [4.69, 9.17) is 9.47 Å². The Kier molecular flexibility index (Phi) is 6.20. The lowest BCUT2D eigenvalue weighted by Crippen LogP contribution is -2.37. The number of methoxy groups -OCH3 is 2. The third-order valence-electron chi connectivity index (χ3n) is 5.60. The van der Waals surface area contributed by atoms with E-state index >= 15 is 0 Å². The first-order chi connectivity index (χ1) is 15.5. The number of carbonyl (C=O) groups excluding carboxylic acids is 2. The highest BCUT2D eigenvalue weighted by molar-refractivity contribution is 6.04. The second-order valence-electron chi connectivity index (χ2n) is 7.65. The molecular weight excluding hydrogens is 408 g/mol. The van der Waals surface area contributed by atoms with Crippen LogP contribution in [0.5, 0.6) is 11.5 Å². The molecule has 1 aliphatic heterocycles. The zero-order chi connectivity index (χ0) is 22.7. The molecule has 0 aliphatic carbocycles. The topological polar surface area (TPSA) is 93.7 Å². The van der Waals surface area contributed by atoms with Gasteiger partial charge in [-0.05, 0) is 24.1 Å². The maximum absolute atomic E-state index is 13.5. The fourth-order valence-electron chi connectivity index (χ4n) is 4.06. The Morgan fingerprint density at radius 3 is 2.66 bits per heavy atom. The zero-order valence-corrected chi connectivity index (χ0v) is 18.5. The van der Waals surface area contributed by atoms with Crippen LogP contribution in [-0.4, -0.2) is 54.0 Å². The van der Waals surface area contributed by atoms with Gasteiger partial charge >= 0.3 is 0 Å². The molecule has 8 heteroatoms. The number of fused-ring (bicyclic) bond motifs is 2. The van der Waals surface area contributed by atoms with Gasteiger partial charge in [0.25, 0.3) is 5.91 Å². The minimum absolute atomic E-state index is 0.110. The number of aromatic nitrogens is 2. The molecular formula is C24H26N4O4. The Bertz CT molecular complexity index is 1180. The number of carbonyl (C=O) groups is 2. The maximum atomic E-state index is 13.5. The van der Waals surface area contributed by atoms with E-state index < -0.39 is 0 Å². The SMILES string of the molecule is COc1ccc2c(c1OC)CCN(C(=O)c1nc(CCNC(C)=O)nc3ccccc13)C2. The fourth-order valence-corrected chi connectivity index (χ4v) is 4.06. The van der Waals surface area contributed by atoms with Gasteiger partial charge in [0.15, 0.2) is 11.5 Å². The van der Waals surface area contributed by atoms with E-state index in [1.807, 2.05) is 36.4 Å². The summed E-state index contributed by atoms with van der Waals surface area (Å²) < 4.78 is 11.0. The predicted octanol–water partition coefficient (Wildman–Crippen LogP) is 2.52. The van der Waals surface area contributed by atoms with Crippen LogP contribution in [0.3, 0.4) is 0 Å². The summed E-state index contributed by atoms with van der Waals surface area (Å²) in [7, 11) is 3.25. The van der Waals surface area contributed by atoms with Gasteiger partial charge in [-0.1, -0.05) is 24.3 Å². The van der Waals surface area contributed by atoms with Gasteiger partial charge in [-0.25, -0.2) is 9.97 Å². The molecule has 0 fully saturated rings. The molecule has 2 amide bonds. The highest BCUT2D eigenvalue weighted by Gasteiger charge is 2.27. The molecule has 0 saturated heterocycles. The number of nitrogens with zero attached hydrogens (tertiary/aromatic N) is 3. The fraction of sp³-hybridized carbons (Fsp3) is 0.333. The lowest BCUT2D eigenvalue weighted by Gasteiger charge is -2.30. The molecule has 4 rings (SSSR count). The molecule has 0 unspecified atom stereocenters. The van der Waals surface area contributed by atoms with Gasteiger partial charge in [0, 0.05) is 43.9 Å². The molecule has 0 spiro atoms. The average molecular weight is 434 g/mol. The molecule has 3 aromatic rings. The summed E-state index contributed by atoms with van der Waals surface area (Å²) in [5.41, 5.74) is 3.20. The number of amides is 2.